The fourth-order valence-electron chi connectivity index (χ4n) is 2.81. The first kappa shape index (κ1) is 19.3. The average Bonchev–Trinajstić information content (AvgIpc) is 2.67. The van der Waals surface area contributed by atoms with Crippen molar-refractivity contribution in [1.82, 2.24) is 14.9 Å². The molecule has 0 saturated carbocycles. The number of carbonyl (C=O) groups excluding carboxylic acids is 1. The smallest absolute Gasteiger partial charge is 0.222 e. The zero-order chi connectivity index (χ0) is 18.4. The highest BCUT2D eigenvalue weighted by molar-refractivity contribution is 7.99. The van der Waals surface area contributed by atoms with E-state index >= 15 is 0 Å². The SMILES string of the molecule is O=C(CCCSc1ccc(Cl)cc1)N1CCN(c2ncncc2Cl)CC1. The average molecular weight is 411 g/mol. The first-order chi connectivity index (χ1) is 12.6. The third kappa shape index (κ3) is 5.25. The fourth-order valence-corrected chi connectivity index (χ4v) is 4.01. The van der Waals surface area contributed by atoms with Crippen LogP contribution in [0.4, 0.5) is 5.82 Å². The molecule has 8 heteroatoms. The van der Waals surface area contributed by atoms with Crippen molar-refractivity contribution in [3.63, 3.8) is 0 Å². The quantitative estimate of drug-likeness (QED) is 0.531. The Kier molecular flexibility index (Phi) is 7.00. The van der Waals surface area contributed by atoms with Gasteiger partial charge < -0.3 is 9.80 Å². The predicted octanol–water partition coefficient (Wildman–Crippen LogP) is 4.00. The van der Waals surface area contributed by atoms with E-state index in [4.69, 9.17) is 23.2 Å². The lowest BCUT2D eigenvalue weighted by molar-refractivity contribution is -0.131. The monoisotopic (exact) mass is 410 g/mol. The maximum absolute atomic E-state index is 12.4. The molecular formula is C18H20Cl2N4OS. The Morgan fingerprint density at radius 3 is 2.54 bits per heavy atom. The van der Waals surface area contributed by atoms with Crippen LogP contribution in [0.2, 0.25) is 10.0 Å². The molecule has 1 amide bonds. The standard InChI is InChI=1S/C18H20Cl2N4OS/c19-14-3-5-15(6-4-14)26-11-1-2-17(25)23-7-9-24(10-8-23)18-16(20)12-21-13-22-18/h3-6,12-13H,1-2,7-11H2. The van der Waals surface area contributed by atoms with Crippen molar-refractivity contribution in [2.75, 3.05) is 36.8 Å². The van der Waals surface area contributed by atoms with E-state index in [1.54, 1.807) is 18.0 Å². The van der Waals surface area contributed by atoms with E-state index in [1.165, 1.54) is 11.2 Å². The number of nitrogens with zero attached hydrogens (tertiary/aromatic N) is 4. The number of rotatable bonds is 6. The molecule has 1 aliphatic heterocycles. The maximum Gasteiger partial charge on any atom is 0.222 e. The van der Waals surface area contributed by atoms with E-state index in [0.717, 1.165) is 36.1 Å². The lowest BCUT2D eigenvalue weighted by atomic mass is 10.2. The second kappa shape index (κ2) is 9.44. The summed E-state index contributed by atoms with van der Waals surface area (Å²) >= 11 is 13.8. The first-order valence-electron chi connectivity index (χ1n) is 8.50. The Hall–Kier alpha value is -1.50. The van der Waals surface area contributed by atoms with Crippen molar-refractivity contribution in [3.8, 4) is 0 Å². The molecular weight excluding hydrogens is 391 g/mol. The molecule has 1 aromatic carbocycles. The van der Waals surface area contributed by atoms with Crippen LogP contribution >= 0.6 is 35.0 Å². The summed E-state index contributed by atoms with van der Waals surface area (Å²) in [7, 11) is 0. The van der Waals surface area contributed by atoms with Gasteiger partial charge in [-0.15, -0.1) is 11.8 Å². The van der Waals surface area contributed by atoms with Crippen LogP contribution in [0.1, 0.15) is 12.8 Å². The van der Waals surface area contributed by atoms with Crippen LogP contribution in [0.3, 0.4) is 0 Å². The molecule has 2 heterocycles. The molecule has 1 fully saturated rings. The second-order valence-electron chi connectivity index (χ2n) is 5.97. The van der Waals surface area contributed by atoms with E-state index in [-0.39, 0.29) is 5.91 Å². The minimum atomic E-state index is 0.218. The summed E-state index contributed by atoms with van der Waals surface area (Å²) in [4.78, 5) is 25.7. The number of carbonyl (C=O) groups is 1. The molecule has 0 radical (unpaired) electrons. The van der Waals surface area contributed by atoms with Crippen molar-refractivity contribution in [1.29, 1.82) is 0 Å². The van der Waals surface area contributed by atoms with E-state index in [1.807, 2.05) is 29.2 Å². The summed E-state index contributed by atoms with van der Waals surface area (Å²) in [5.41, 5.74) is 0. The van der Waals surface area contributed by atoms with Crippen LogP contribution in [0, 0.1) is 0 Å². The molecule has 0 aliphatic carbocycles. The molecule has 2 aromatic rings. The minimum Gasteiger partial charge on any atom is -0.352 e. The van der Waals surface area contributed by atoms with Gasteiger partial charge in [0.25, 0.3) is 0 Å². The summed E-state index contributed by atoms with van der Waals surface area (Å²) in [5, 5.41) is 1.29. The Morgan fingerprint density at radius 1 is 1.12 bits per heavy atom. The van der Waals surface area contributed by atoms with E-state index in [9.17, 15) is 4.79 Å². The van der Waals surface area contributed by atoms with Gasteiger partial charge in [-0.3, -0.25) is 4.79 Å². The van der Waals surface area contributed by atoms with Gasteiger partial charge in [-0.05, 0) is 36.4 Å². The van der Waals surface area contributed by atoms with Crippen LogP contribution < -0.4 is 4.90 Å². The summed E-state index contributed by atoms with van der Waals surface area (Å²) in [6, 6.07) is 7.79. The molecule has 1 saturated heterocycles. The lowest BCUT2D eigenvalue weighted by Crippen LogP contribution is -2.49. The summed E-state index contributed by atoms with van der Waals surface area (Å²) < 4.78 is 0. The normalized spacial score (nSPS) is 14.5. The number of hydrogen-bond acceptors (Lipinski definition) is 5. The fraction of sp³-hybridized carbons (Fsp3) is 0.389. The van der Waals surface area contributed by atoms with Gasteiger partial charge in [0.1, 0.15) is 11.3 Å². The largest absolute Gasteiger partial charge is 0.352 e. The number of benzene rings is 1. The van der Waals surface area contributed by atoms with Gasteiger partial charge in [0, 0.05) is 42.5 Å². The molecule has 1 aromatic heterocycles. The van der Waals surface area contributed by atoms with Crippen molar-refractivity contribution in [2.24, 2.45) is 0 Å². The Balaban J connectivity index is 1.38. The third-order valence-electron chi connectivity index (χ3n) is 4.20. The number of aromatic nitrogens is 2. The molecule has 5 nitrogen and oxygen atoms in total. The molecule has 0 unspecified atom stereocenters. The van der Waals surface area contributed by atoms with Crippen molar-refractivity contribution in [3.05, 3.63) is 46.8 Å². The molecule has 0 atom stereocenters. The highest BCUT2D eigenvalue weighted by atomic mass is 35.5. The summed E-state index contributed by atoms with van der Waals surface area (Å²) in [6.07, 6.45) is 4.54. The van der Waals surface area contributed by atoms with Gasteiger partial charge in [-0.2, -0.15) is 0 Å². The van der Waals surface area contributed by atoms with Crippen LogP contribution in [0.5, 0.6) is 0 Å². The number of anilines is 1. The third-order valence-corrected chi connectivity index (χ3v) is 5.81. The zero-order valence-corrected chi connectivity index (χ0v) is 16.6. The van der Waals surface area contributed by atoms with E-state index < -0.39 is 0 Å². The molecule has 138 valence electrons. The highest BCUT2D eigenvalue weighted by Crippen LogP contribution is 2.23. The molecule has 1 aliphatic rings. The Morgan fingerprint density at radius 2 is 1.85 bits per heavy atom. The molecule has 26 heavy (non-hydrogen) atoms. The van der Waals surface area contributed by atoms with Crippen LogP contribution in [0.25, 0.3) is 0 Å². The van der Waals surface area contributed by atoms with Gasteiger partial charge in [0.15, 0.2) is 5.82 Å². The van der Waals surface area contributed by atoms with Crippen LogP contribution in [0.15, 0.2) is 41.7 Å². The van der Waals surface area contributed by atoms with Gasteiger partial charge >= 0.3 is 0 Å². The maximum atomic E-state index is 12.4. The van der Waals surface area contributed by atoms with Crippen molar-refractivity contribution < 1.29 is 4.79 Å². The van der Waals surface area contributed by atoms with Crippen LogP contribution in [-0.2, 0) is 4.79 Å². The molecule has 0 N–H and O–H groups in total. The van der Waals surface area contributed by atoms with Gasteiger partial charge in [0.05, 0.1) is 6.20 Å². The minimum absolute atomic E-state index is 0.218. The number of thioether (sulfide) groups is 1. The number of piperazine rings is 1. The predicted molar refractivity (Wildman–Crippen MR) is 107 cm³/mol. The van der Waals surface area contributed by atoms with Gasteiger partial charge in [0.2, 0.25) is 5.91 Å². The van der Waals surface area contributed by atoms with Crippen molar-refractivity contribution >= 4 is 46.7 Å². The first-order valence-corrected chi connectivity index (χ1v) is 10.2. The van der Waals surface area contributed by atoms with E-state index in [2.05, 4.69) is 14.9 Å². The van der Waals surface area contributed by atoms with Gasteiger partial charge in [-0.25, -0.2) is 9.97 Å². The highest BCUT2D eigenvalue weighted by Gasteiger charge is 2.22. The zero-order valence-electron chi connectivity index (χ0n) is 14.3. The number of halogens is 2. The lowest BCUT2D eigenvalue weighted by Gasteiger charge is -2.35. The van der Waals surface area contributed by atoms with E-state index in [0.29, 0.717) is 24.5 Å². The molecule has 3 rings (SSSR count). The topological polar surface area (TPSA) is 49.3 Å². The van der Waals surface area contributed by atoms with Crippen LogP contribution in [-0.4, -0.2) is 52.7 Å². The second-order valence-corrected chi connectivity index (χ2v) is 7.98. The molecule has 0 bridgehead atoms. The summed E-state index contributed by atoms with van der Waals surface area (Å²) in [6.45, 7) is 2.87. The number of amides is 1. The van der Waals surface area contributed by atoms with Crippen molar-refractivity contribution in [2.45, 2.75) is 17.7 Å². The van der Waals surface area contributed by atoms with Gasteiger partial charge in [-0.1, -0.05) is 23.2 Å². The number of hydrogen-bond donors (Lipinski definition) is 0. The Labute approximate surface area is 167 Å². The molecule has 0 spiro atoms. The Bertz CT molecular complexity index is 736. The summed E-state index contributed by atoms with van der Waals surface area (Å²) in [5.74, 6) is 1.88.